The highest BCUT2D eigenvalue weighted by atomic mass is 16.4. The highest BCUT2D eigenvalue weighted by Gasteiger charge is 2.21. The molecular formula is C5H4N2O5. The van der Waals surface area contributed by atoms with Crippen molar-refractivity contribution in [1.29, 1.82) is 0 Å². The molecule has 1 aromatic heterocycles. The van der Waals surface area contributed by atoms with Crippen LogP contribution in [0.4, 0.5) is 0 Å². The van der Waals surface area contributed by atoms with Crippen molar-refractivity contribution < 1.29 is 24.9 Å². The molecule has 4 N–H and O–H groups in total. The van der Waals surface area contributed by atoms with Crippen LogP contribution >= 0.6 is 0 Å². The predicted octanol–water partition coefficient (Wildman–Crippen LogP) is -0.488. The van der Waals surface area contributed by atoms with Gasteiger partial charge in [-0.3, -0.25) is 5.10 Å². The third-order valence-corrected chi connectivity index (χ3v) is 1.16. The second-order valence-electron chi connectivity index (χ2n) is 1.91. The Balaban J connectivity index is 3.22. The Kier molecular flexibility index (Phi) is 1.70. The largest absolute Gasteiger partial charge is 0.503 e. The lowest BCUT2D eigenvalue weighted by Crippen LogP contribution is -1.98. The number of aromatic hydroxyl groups is 1. The van der Waals surface area contributed by atoms with Gasteiger partial charge in [-0.05, 0) is 0 Å². The first-order chi connectivity index (χ1) is 5.54. The minimum atomic E-state index is -1.49. The smallest absolute Gasteiger partial charge is 0.360 e. The zero-order valence-corrected chi connectivity index (χ0v) is 5.61. The molecule has 0 aliphatic rings. The van der Waals surface area contributed by atoms with Gasteiger partial charge in [0.2, 0.25) is 5.69 Å². The Morgan fingerprint density at radius 2 is 1.83 bits per heavy atom. The molecule has 7 nitrogen and oxygen atoms in total. The van der Waals surface area contributed by atoms with Crippen molar-refractivity contribution in [3.8, 4) is 5.75 Å². The molecule has 0 spiro atoms. The SMILES string of the molecule is O=C(O)c1n[nH]c(C(=O)O)c1O. The Hall–Kier alpha value is -2.05. The molecule has 0 aliphatic heterocycles. The van der Waals surface area contributed by atoms with E-state index in [0.717, 1.165) is 0 Å². The van der Waals surface area contributed by atoms with Gasteiger partial charge in [0.05, 0.1) is 0 Å². The molecule has 0 fully saturated rings. The van der Waals surface area contributed by atoms with E-state index in [0.29, 0.717) is 0 Å². The summed E-state index contributed by atoms with van der Waals surface area (Å²) in [5.74, 6) is -3.82. The number of nitrogens with zero attached hydrogens (tertiary/aromatic N) is 1. The third kappa shape index (κ3) is 1.07. The molecule has 0 aliphatic carbocycles. The first-order valence-corrected chi connectivity index (χ1v) is 2.78. The van der Waals surface area contributed by atoms with Gasteiger partial charge in [0.1, 0.15) is 0 Å². The monoisotopic (exact) mass is 172 g/mol. The van der Waals surface area contributed by atoms with Crippen molar-refractivity contribution in [2.45, 2.75) is 0 Å². The molecule has 64 valence electrons. The summed E-state index contributed by atoms with van der Waals surface area (Å²) < 4.78 is 0. The van der Waals surface area contributed by atoms with Crippen LogP contribution in [0.25, 0.3) is 0 Å². The second-order valence-corrected chi connectivity index (χ2v) is 1.91. The summed E-state index contributed by atoms with van der Waals surface area (Å²) in [4.78, 5) is 20.5. The van der Waals surface area contributed by atoms with Crippen LogP contribution in [-0.4, -0.2) is 37.5 Å². The first-order valence-electron chi connectivity index (χ1n) is 2.78. The van der Waals surface area contributed by atoms with Crippen LogP contribution in [0.2, 0.25) is 0 Å². The normalized spacial score (nSPS) is 9.67. The van der Waals surface area contributed by atoms with E-state index in [2.05, 4.69) is 5.10 Å². The lowest BCUT2D eigenvalue weighted by molar-refractivity contribution is 0.0683. The van der Waals surface area contributed by atoms with E-state index in [1.165, 1.54) is 0 Å². The topological polar surface area (TPSA) is 124 Å². The molecule has 12 heavy (non-hydrogen) atoms. The molecule has 0 atom stereocenters. The second kappa shape index (κ2) is 2.53. The molecule has 0 saturated carbocycles. The Morgan fingerprint density at radius 3 is 2.08 bits per heavy atom. The summed E-state index contributed by atoms with van der Waals surface area (Å²) in [6.07, 6.45) is 0. The summed E-state index contributed by atoms with van der Waals surface area (Å²) in [6, 6.07) is 0. The number of nitrogens with one attached hydrogen (secondary N) is 1. The van der Waals surface area contributed by atoms with E-state index in [9.17, 15) is 9.59 Å². The number of carbonyl (C=O) groups is 2. The van der Waals surface area contributed by atoms with Crippen LogP contribution in [0.15, 0.2) is 0 Å². The number of rotatable bonds is 2. The standard InChI is InChI=1S/C5H4N2O5/c8-3-1(4(9)10)6-7-2(3)5(11)12/h8H,(H,6,7)(H,9,10)(H,11,12). The molecule has 0 aromatic carbocycles. The number of carboxylic acids is 2. The third-order valence-electron chi connectivity index (χ3n) is 1.16. The van der Waals surface area contributed by atoms with Gasteiger partial charge in [-0.2, -0.15) is 5.10 Å². The van der Waals surface area contributed by atoms with Crippen LogP contribution in [0, 0.1) is 0 Å². The quantitative estimate of drug-likeness (QED) is 0.477. The summed E-state index contributed by atoms with van der Waals surface area (Å²) in [5, 5.41) is 30.5. The summed E-state index contributed by atoms with van der Waals surface area (Å²) in [5.41, 5.74) is -1.33. The molecule has 0 saturated heterocycles. The molecule has 0 unspecified atom stereocenters. The zero-order chi connectivity index (χ0) is 9.30. The molecule has 1 aromatic rings. The number of aromatic nitrogens is 2. The van der Waals surface area contributed by atoms with Crippen molar-refractivity contribution >= 4 is 11.9 Å². The lowest BCUT2D eigenvalue weighted by atomic mass is 10.3. The molecular weight excluding hydrogens is 168 g/mol. The van der Waals surface area contributed by atoms with Gasteiger partial charge in [0.25, 0.3) is 0 Å². The van der Waals surface area contributed by atoms with Gasteiger partial charge in [-0.1, -0.05) is 0 Å². The Labute approximate surface area is 65.3 Å². The molecule has 1 heterocycles. The highest BCUT2D eigenvalue weighted by Crippen LogP contribution is 2.18. The number of hydrogen-bond acceptors (Lipinski definition) is 4. The zero-order valence-electron chi connectivity index (χ0n) is 5.61. The maximum Gasteiger partial charge on any atom is 0.360 e. The van der Waals surface area contributed by atoms with Crippen LogP contribution in [0.1, 0.15) is 21.0 Å². The minimum Gasteiger partial charge on any atom is -0.503 e. The van der Waals surface area contributed by atoms with Crippen molar-refractivity contribution in [3.63, 3.8) is 0 Å². The number of carboxylic acid groups (broad SMARTS) is 2. The van der Waals surface area contributed by atoms with Crippen molar-refractivity contribution in [2.24, 2.45) is 0 Å². The van der Waals surface area contributed by atoms with E-state index < -0.39 is 29.1 Å². The molecule has 0 amide bonds. The van der Waals surface area contributed by atoms with E-state index in [1.807, 2.05) is 5.10 Å². The summed E-state index contributed by atoms with van der Waals surface area (Å²) in [6.45, 7) is 0. The maximum absolute atomic E-state index is 10.2. The molecule has 0 radical (unpaired) electrons. The fraction of sp³-hybridized carbons (Fsp3) is 0. The predicted molar refractivity (Wildman–Crippen MR) is 34.2 cm³/mol. The summed E-state index contributed by atoms with van der Waals surface area (Å²) >= 11 is 0. The van der Waals surface area contributed by atoms with E-state index in [-0.39, 0.29) is 0 Å². The van der Waals surface area contributed by atoms with Gasteiger partial charge in [0.15, 0.2) is 11.4 Å². The Morgan fingerprint density at radius 1 is 1.25 bits per heavy atom. The van der Waals surface area contributed by atoms with Crippen molar-refractivity contribution in [1.82, 2.24) is 10.2 Å². The lowest BCUT2D eigenvalue weighted by Gasteiger charge is -1.88. The highest BCUT2D eigenvalue weighted by molar-refractivity contribution is 5.95. The number of hydrogen-bond donors (Lipinski definition) is 4. The van der Waals surface area contributed by atoms with Gasteiger partial charge in [0, 0.05) is 0 Å². The van der Waals surface area contributed by atoms with Gasteiger partial charge in [-0.15, -0.1) is 0 Å². The molecule has 1 rings (SSSR count). The fourth-order valence-electron chi connectivity index (χ4n) is 0.634. The van der Waals surface area contributed by atoms with Crippen molar-refractivity contribution in [2.75, 3.05) is 0 Å². The van der Waals surface area contributed by atoms with E-state index >= 15 is 0 Å². The van der Waals surface area contributed by atoms with Crippen LogP contribution < -0.4 is 0 Å². The van der Waals surface area contributed by atoms with Gasteiger partial charge < -0.3 is 15.3 Å². The fourth-order valence-corrected chi connectivity index (χ4v) is 0.634. The van der Waals surface area contributed by atoms with Gasteiger partial charge >= 0.3 is 11.9 Å². The van der Waals surface area contributed by atoms with Crippen LogP contribution in [0.3, 0.4) is 0 Å². The van der Waals surface area contributed by atoms with Crippen LogP contribution in [0.5, 0.6) is 5.75 Å². The minimum absolute atomic E-state index is 0.632. The van der Waals surface area contributed by atoms with Gasteiger partial charge in [-0.25, -0.2) is 9.59 Å². The number of aromatic amines is 1. The summed E-state index contributed by atoms with van der Waals surface area (Å²) in [7, 11) is 0. The van der Waals surface area contributed by atoms with Crippen LogP contribution in [-0.2, 0) is 0 Å². The average molecular weight is 172 g/mol. The van der Waals surface area contributed by atoms with Crippen molar-refractivity contribution in [3.05, 3.63) is 11.4 Å². The maximum atomic E-state index is 10.2. The Bertz CT molecular complexity index is 310. The first kappa shape index (κ1) is 8.05. The molecule has 7 heteroatoms. The van der Waals surface area contributed by atoms with E-state index in [1.54, 1.807) is 0 Å². The number of H-pyrrole nitrogens is 1. The van der Waals surface area contributed by atoms with E-state index in [4.69, 9.17) is 15.3 Å². The molecule has 0 bridgehead atoms. The number of aromatic carboxylic acids is 2. The average Bonchev–Trinajstić information content (AvgIpc) is 2.30.